The molecule has 1 fully saturated rings. The summed E-state index contributed by atoms with van der Waals surface area (Å²) >= 11 is 0. The molecule has 1 aliphatic heterocycles. The average Bonchev–Trinajstić information content (AvgIpc) is 3.06. The second-order valence-electron chi connectivity index (χ2n) is 5.90. The second kappa shape index (κ2) is 7.54. The molecule has 1 N–H and O–H groups in total. The Labute approximate surface area is 125 Å². The summed E-state index contributed by atoms with van der Waals surface area (Å²) in [6, 6.07) is 0. The maximum atomic E-state index is 11.7. The van der Waals surface area contributed by atoms with E-state index in [-0.39, 0.29) is 24.3 Å². The van der Waals surface area contributed by atoms with E-state index in [1.807, 2.05) is 0 Å². The molecule has 0 bridgehead atoms. The van der Waals surface area contributed by atoms with Crippen LogP contribution in [0.2, 0.25) is 0 Å². The maximum absolute atomic E-state index is 11.7. The number of ether oxygens (including phenoxy) is 1. The Kier molecular flexibility index (Phi) is 5.73. The Hall–Kier alpha value is -1.43. The Bertz CT molecular complexity index is 459. The van der Waals surface area contributed by atoms with E-state index in [0.29, 0.717) is 24.2 Å². The summed E-state index contributed by atoms with van der Waals surface area (Å²) in [5, 5.41) is 6.77. The first-order valence-electron chi connectivity index (χ1n) is 7.82. The molecule has 0 saturated carbocycles. The third kappa shape index (κ3) is 4.27. The third-order valence-electron chi connectivity index (χ3n) is 3.76. The number of hydrogen-bond donors (Lipinski definition) is 1. The summed E-state index contributed by atoms with van der Waals surface area (Å²) in [5.74, 6) is 1.55. The summed E-state index contributed by atoms with van der Waals surface area (Å²) in [6.45, 7) is 7.77. The van der Waals surface area contributed by atoms with Gasteiger partial charge in [-0.1, -0.05) is 32.3 Å². The minimum Gasteiger partial charge on any atom is -0.377 e. The van der Waals surface area contributed by atoms with Gasteiger partial charge in [0, 0.05) is 13.2 Å². The fraction of sp³-hybridized carbons (Fsp3) is 0.800. The predicted molar refractivity (Wildman–Crippen MR) is 77.9 cm³/mol. The molecule has 0 aliphatic carbocycles. The van der Waals surface area contributed by atoms with Crippen LogP contribution in [0.1, 0.15) is 57.7 Å². The van der Waals surface area contributed by atoms with E-state index in [0.717, 1.165) is 25.9 Å². The highest BCUT2D eigenvalue weighted by Crippen LogP contribution is 2.34. The SMILES string of the molecule is CCCCNC(=O)Cc1noc(C2CCOC2C(C)C)n1. The molecule has 21 heavy (non-hydrogen) atoms. The first kappa shape index (κ1) is 15.9. The number of aromatic nitrogens is 2. The van der Waals surface area contributed by atoms with Gasteiger partial charge in [0.2, 0.25) is 11.8 Å². The van der Waals surface area contributed by atoms with Gasteiger partial charge in [-0.15, -0.1) is 0 Å². The lowest BCUT2D eigenvalue weighted by Gasteiger charge is -2.18. The van der Waals surface area contributed by atoms with Gasteiger partial charge < -0.3 is 14.6 Å². The first-order valence-corrected chi connectivity index (χ1v) is 7.82. The van der Waals surface area contributed by atoms with E-state index >= 15 is 0 Å². The van der Waals surface area contributed by atoms with Crippen LogP contribution in [0.25, 0.3) is 0 Å². The number of carbonyl (C=O) groups is 1. The zero-order valence-corrected chi connectivity index (χ0v) is 13.1. The van der Waals surface area contributed by atoms with E-state index in [9.17, 15) is 4.79 Å². The zero-order valence-electron chi connectivity index (χ0n) is 13.1. The number of amides is 1. The maximum Gasteiger partial charge on any atom is 0.232 e. The van der Waals surface area contributed by atoms with E-state index in [2.05, 4.69) is 36.2 Å². The van der Waals surface area contributed by atoms with Crippen molar-refractivity contribution in [2.24, 2.45) is 5.92 Å². The van der Waals surface area contributed by atoms with E-state index in [1.54, 1.807) is 0 Å². The van der Waals surface area contributed by atoms with Crippen molar-refractivity contribution in [1.29, 1.82) is 0 Å². The van der Waals surface area contributed by atoms with Crippen molar-refractivity contribution in [2.75, 3.05) is 13.2 Å². The molecule has 2 heterocycles. The minimum absolute atomic E-state index is 0.0566. The van der Waals surface area contributed by atoms with Crippen molar-refractivity contribution >= 4 is 5.91 Å². The molecule has 118 valence electrons. The van der Waals surface area contributed by atoms with E-state index in [4.69, 9.17) is 9.26 Å². The smallest absolute Gasteiger partial charge is 0.232 e. The largest absolute Gasteiger partial charge is 0.377 e. The first-order chi connectivity index (χ1) is 10.1. The molecule has 6 heteroatoms. The van der Waals surface area contributed by atoms with E-state index in [1.165, 1.54) is 0 Å². The lowest BCUT2D eigenvalue weighted by molar-refractivity contribution is -0.120. The van der Waals surface area contributed by atoms with Gasteiger partial charge in [-0.25, -0.2) is 0 Å². The number of hydrogen-bond acceptors (Lipinski definition) is 5. The van der Waals surface area contributed by atoms with Crippen molar-refractivity contribution in [3.8, 4) is 0 Å². The average molecular weight is 295 g/mol. The quantitative estimate of drug-likeness (QED) is 0.779. The van der Waals surface area contributed by atoms with Gasteiger partial charge in [0.15, 0.2) is 5.82 Å². The monoisotopic (exact) mass is 295 g/mol. The molecular weight excluding hydrogens is 270 g/mol. The molecular formula is C15H25N3O3. The number of unbranched alkanes of at least 4 members (excludes halogenated alkanes) is 1. The molecule has 1 saturated heterocycles. The number of carbonyl (C=O) groups excluding carboxylic acids is 1. The normalized spacial score (nSPS) is 21.9. The highest BCUT2D eigenvalue weighted by atomic mass is 16.5. The Morgan fingerprint density at radius 2 is 2.29 bits per heavy atom. The number of rotatable bonds is 7. The number of nitrogens with zero attached hydrogens (tertiary/aromatic N) is 2. The molecule has 0 aromatic carbocycles. The summed E-state index contributed by atoms with van der Waals surface area (Å²) in [5.41, 5.74) is 0. The molecule has 0 spiro atoms. The van der Waals surface area contributed by atoms with Crippen molar-refractivity contribution in [1.82, 2.24) is 15.5 Å². The molecule has 2 rings (SSSR count). The highest BCUT2D eigenvalue weighted by molar-refractivity contribution is 5.77. The van der Waals surface area contributed by atoms with Gasteiger partial charge >= 0.3 is 0 Å². The van der Waals surface area contributed by atoms with Gasteiger partial charge in [-0.05, 0) is 18.8 Å². The van der Waals surface area contributed by atoms with Crippen LogP contribution in [0.5, 0.6) is 0 Å². The van der Waals surface area contributed by atoms with Crippen LogP contribution >= 0.6 is 0 Å². The zero-order chi connectivity index (χ0) is 15.2. The van der Waals surface area contributed by atoms with Crippen LogP contribution in [-0.2, 0) is 16.0 Å². The van der Waals surface area contributed by atoms with Gasteiger partial charge in [-0.2, -0.15) is 4.98 Å². The van der Waals surface area contributed by atoms with Crippen LogP contribution in [0.4, 0.5) is 0 Å². The predicted octanol–water partition coefficient (Wildman–Crippen LogP) is 2.06. The lowest BCUT2D eigenvalue weighted by Crippen LogP contribution is -2.26. The molecule has 1 amide bonds. The molecule has 0 radical (unpaired) electrons. The van der Waals surface area contributed by atoms with Crippen LogP contribution in [0, 0.1) is 5.92 Å². The van der Waals surface area contributed by atoms with Crippen LogP contribution in [0.3, 0.4) is 0 Å². The minimum atomic E-state index is -0.0566. The van der Waals surface area contributed by atoms with Crippen molar-refractivity contribution < 1.29 is 14.1 Å². The van der Waals surface area contributed by atoms with E-state index < -0.39 is 0 Å². The highest BCUT2D eigenvalue weighted by Gasteiger charge is 2.35. The molecule has 2 unspecified atom stereocenters. The lowest BCUT2D eigenvalue weighted by atomic mass is 9.93. The molecule has 1 aliphatic rings. The van der Waals surface area contributed by atoms with Crippen LogP contribution in [0.15, 0.2) is 4.52 Å². The summed E-state index contributed by atoms with van der Waals surface area (Å²) in [4.78, 5) is 16.1. The molecule has 1 aromatic heterocycles. The van der Waals surface area contributed by atoms with Gasteiger partial charge in [0.1, 0.15) is 0 Å². The Balaban J connectivity index is 1.90. The molecule has 1 aromatic rings. The Morgan fingerprint density at radius 1 is 1.48 bits per heavy atom. The van der Waals surface area contributed by atoms with Gasteiger partial charge in [-0.3, -0.25) is 4.79 Å². The van der Waals surface area contributed by atoms with Crippen LogP contribution in [-0.4, -0.2) is 35.3 Å². The number of nitrogens with one attached hydrogen (secondary N) is 1. The fourth-order valence-electron chi connectivity index (χ4n) is 2.63. The van der Waals surface area contributed by atoms with Gasteiger partial charge in [0.05, 0.1) is 18.4 Å². The Morgan fingerprint density at radius 3 is 3.00 bits per heavy atom. The third-order valence-corrected chi connectivity index (χ3v) is 3.76. The molecule has 2 atom stereocenters. The van der Waals surface area contributed by atoms with Crippen molar-refractivity contribution in [2.45, 2.75) is 58.5 Å². The topological polar surface area (TPSA) is 77.2 Å². The van der Waals surface area contributed by atoms with Crippen molar-refractivity contribution in [3.63, 3.8) is 0 Å². The van der Waals surface area contributed by atoms with Gasteiger partial charge in [0.25, 0.3) is 0 Å². The van der Waals surface area contributed by atoms with Crippen LogP contribution < -0.4 is 5.32 Å². The summed E-state index contributed by atoms with van der Waals surface area (Å²) in [6.07, 6.45) is 3.24. The van der Waals surface area contributed by atoms with Crippen molar-refractivity contribution in [3.05, 3.63) is 11.7 Å². The summed E-state index contributed by atoms with van der Waals surface area (Å²) in [7, 11) is 0. The summed E-state index contributed by atoms with van der Waals surface area (Å²) < 4.78 is 11.1. The standard InChI is InChI=1S/C15H25N3O3/c1-4-5-7-16-13(19)9-12-17-15(21-18-12)11-6-8-20-14(11)10(2)3/h10-11,14H,4-9H2,1-3H3,(H,16,19). The second-order valence-corrected chi connectivity index (χ2v) is 5.90. The molecule has 6 nitrogen and oxygen atoms in total. The fourth-order valence-corrected chi connectivity index (χ4v) is 2.63.